The molecule has 3 rings (SSSR count). The maximum Gasteiger partial charge on any atom is 0.344 e. The topological polar surface area (TPSA) is 104 Å². The highest BCUT2D eigenvalue weighted by Gasteiger charge is 2.10. The molecular formula is C21H19NO7. The summed E-state index contributed by atoms with van der Waals surface area (Å²) < 4.78 is 20.4. The summed E-state index contributed by atoms with van der Waals surface area (Å²) >= 11 is 0. The first-order valence-corrected chi connectivity index (χ1v) is 8.71. The van der Waals surface area contributed by atoms with Gasteiger partial charge in [0.15, 0.2) is 13.2 Å². The summed E-state index contributed by atoms with van der Waals surface area (Å²) in [7, 11) is 1.55. The Labute approximate surface area is 166 Å². The molecule has 0 saturated carbocycles. The molecule has 0 spiro atoms. The Kier molecular flexibility index (Phi) is 6.13. The Hall–Kier alpha value is -3.81. The third kappa shape index (κ3) is 5.35. The van der Waals surface area contributed by atoms with Gasteiger partial charge < -0.3 is 23.9 Å². The van der Waals surface area contributed by atoms with Crippen molar-refractivity contribution in [2.24, 2.45) is 0 Å². The Bertz CT molecular complexity index is 1090. The lowest BCUT2D eigenvalue weighted by molar-refractivity contribution is -0.149. The van der Waals surface area contributed by atoms with Gasteiger partial charge in [-0.3, -0.25) is 4.79 Å². The van der Waals surface area contributed by atoms with Crippen LogP contribution in [0.3, 0.4) is 0 Å². The summed E-state index contributed by atoms with van der Waals surface area (Å²) in [5, 5.41) is 3.37. The van der Waals surface area contributed by atoms with Gasteiger partial charge in [0.2, 0.25) is 0 Å². The van der Waals surface area contributed by atoms with Crippen LogP contribution < -0.4 is 20.4 Å². The third-order valence-electron chi connectivity index (χ3n) is 4.02. The van der Waals surface area contributed by atoms with E-state index in [9.17, 15) is 14.4 Å². The lowest BCUT2D eigenvalue weighted by Gasteiger charge is -2.09. The summed E-state index contributed by atoms with van der Waals surface area (Å²) in [6, 6.07) is 13.0. The van der Waals surface area contributed by atoms with Crippen molar-refractivity contribution in [3.63, 3.8) is 0 Å². The molecule has 0 radical (unpaired) electrons. The van der Waals surface area contributed by atoms with Crippen molar-refractivity contribution in [3.05, 3.63) is 64.5 Å². The number of aryl methyl sites for hydroxylation is 1. The van der Waals surface area contributed by atoms with E-state index >= 15 is 0 Å². The molecule has 0 aliphatic carbocycles. The van der Waals surface area contributed by atoms with Crippen LogP contribution in [0, 0.1) is 6.92 Å². The Morgan fingerprint density at radius 3 is 2.45 bits per heavy atom. The average Bonchev–Trinajstić information content (AvgIpc) is 2.71. The van der Waals surface area contributed by atoms with Crippen molar-refractivity contribution in [1.29, 1.82) is 0 Å². The first-order chi connectivity index (χ1) is 13.9. The van der Waals surface area contributed by atoms with Gasteiger partial charge in [-0.1, -0.05) is 0 Å². The van der Waals surface area contributed by atoms with Gasteiger partial charge in [0.05, 0.1) is 7.11 Å². The zero-order valence-electron chi connectivity index (χ0n) is 15.9. The van der Waals surface area contributed by atoms with Gasteiger partial charge in [0, 0.05) is 23.2 Å². The smallest absolute Gasteiger partial charge is 0.344 e. The van der Waals surface area contributed by atoms with Gasteiger partial charge in [-0.15, -0.1) is 0 Å². The maximum atomic E-state index is 11.9. The van der Waals surface area contributed by atoms with Crippen molar-refractivity contribution in [1.82, 2.24) is 0 Å². The molecule has 29 heavy (non-hydrogen) atoms. The van der Waals surface area contributed by atoms with Crippen LogP contribution in [-0.4, -0.2) is 32.2 Å². The van der Waals surface area contributed by atoms with E-state index in [0.717, 1.165) is 10.9 Å². The number of benzene rings is 2. The monoisotopic (exact) mass is 397 g/mol. The minimum Gasteiger partial charge on any atom is -0.497 e. The number of amides is 1. The van der Waals surface area contributed by atoms with Crippen molar-refractivity contribution >= 4 is 28.5 Å². The zero-order chi connectivity index (χ0) is 20.8. The van der Waals surface area contributed by atoms with E-state index in [1.165, 1.54) is 12.1 Å². The molecule has 0 bridgehead atoms. The number of fused-ring (bicyclic) bond motifs is 1. The van der Waals surface area contributed by atoms with Crippen LogP contribution in [0.25, 0.3) is 11.0 Å². The summed E-state index contributed by atoms with van der Waals surface area (Å²) in [5.74, 6) is -0.187. The van der Waals surface area contributed by atoms with E-state index in [0.29, 0.717) is 22.8 Å². The number of esters is 1. The van der Waals surface area contributed by atoms with E-state index in [2.05, 4.69) is 5.32 Å². The molecule has 3 aromatic rings. The minimum absolute atomic E-state index is 0.339. The summed E-state index contributed by atoms with van der Waals surface area (Å²) in [4.78, 5) is 35.1. The zero-order valence-corrected chi connectivity index (χ0v) is 15.9. The number of carbonyl (C=O) groups excluding carboxylic acids is 2. The number of carbonyl (C=O) groups is 2. The van der Waals surface area contributed by atoms with Crippen molar-refractivity contribution in [2.75, 3.05) is 25.6 Å². The van der Waals surface area contributed by atoms with E-state index in [4.69, 9.17) is 18.6 Å². The van der Waals surface area contributed by atoms with Crippen LogP contribution in [0.5, 0.6) is 11.5 Å². The standard InChI is InChI=1S/C21H19NO7/c1-13-9-20(24)29-18-10-16(7-8-17(13)18)27-12-21(25)28-11-19(23)22-14-3-5-15(26-2)6-4-14/h3-10H,11-12H2,1-2H3,(H,22,23). The van der Waals surface area contributed by atoms with E-state index < -0.39 is 30.7 Å². The van der Waals surface area contributed by atoms with Crippen LogP contribution in [0.15, 0.2) is 57.7 Å². The molecule has 0 unspecified atom stereocenters. The van der Waals surface area contributed by atoms with Crippen LogP contribution in [0.2, 0.25) is 0 Å². The molecule has 2 aromatic carbocycles. The van der Waals surface area contributed by atoms with Gasteiger partial charge in [-0.25, -0.2) is 9.59 Å². The number of ether oxygens (including phenoxy) is 3. The fourth-order valence-electron chi connectivity index (χ4n) is 2.60. The average molecular weight is 397 g/mol. The van der Waals surface area contributed by atoms with Gasteiger partial charge >= 0.3 is 11.6 Å². The summed E-state index contributed by atoms with van der Waals surface area (Å²) in [6.07, 6.45) is 0. The third-order valence-corrected chi connectivity index (χ3v) is 4.02. The largest absolute Gasteiger partial charge is 0.497 e. The predicted molar refractivity (Wildman–Crippen MR) is 105 cm³/mol. The lowest BCUT2D eigenvalue weighted by atomic mass is 10.1. The Balaban J connectivity index is 1.48. The maximum absolute atomic E-state index is 11.9. The normalized spacial score (nSPS) is 10.4. The van der Waals surface area contributed by atoms with Crippen LogP contribution in [0.4, 0.5) is 5.69 Å². The molecule has 0 atom stereocenters. The predicted octanol–water partition coefficient (Wildman–Crippen LogP) is 2.67. The fourth-order valence-corrected chi connectivity index (χ4v) is 2.60. The summed E-state index contributed by atoms with van der Waals surface area (Å²) in [5.41, 5.74) is 1.23. The van der Waals surface area contributed by atoms with Gasteiger partial charge in [-0.2, -0.15) is 0 Å². The highest BCUT2D eigenvalue weighted by atomic mass is 16.6. The number of methoxy groups -OCH3 is 1. The van der Waals surface area contributed by atoms with Gasteiger partial charge in [0.25, 0.3) is 5.91 Å². The number of nitrogens with one attached hydrogen (secondary N) is 1. The molecular weight excluding hydrogens is 378 g/mol. The number of rotatable bonds is 7. The molecule has 0 saturated heterocycles. The van der Waals surface area contributed by atoms with Gasteiger partial charge in [-0.05, 0) is 48.9 Å². The van der Waals surface area contributed by atoms with E-state index in [1.54, 1.807) is 50.4 Å². The number of hydrogen-bond donors (Lipinski definition) is 1. The molecule has 0 aliphatic heterocycles. The van der Waals surface area contributed by atoms with Crippen LogP contribution in [0.1, 0.15) is 5.56 Å². The van der Waals surface area contributed by atoms with E-state index in [-0.39, 0.29) is 0 Å². The minimum atomic E-state index is -0.708. The molecule has 0 fully saturated rings. The Morgan fingerprint density at radius 1 is 1.00 bits per heavy atom. The molecule has 1 aromatic heterocycles. The SMILES string of the molecule is COc1ccc(NC(=O)COC(=O)COc2ccc3c(C)cc(=O)oc3c2)cc1. The number of anilines is 1. The second-order valence-electron chi connectivity index (χ2n) is 6.13. The second-order valence-corrected chi connectivity index (χ2v) is 6.13. The van der Waals surface area contributed by atoms with Crippen molar-refractivity contribution in [2.45, 2.75) is 6.92 Å². The fraction of sp³-hybridized carbons (Fsp3) is 0.190. The highest BCUT2D eigenvalue weighted by molar-refractivity contribution is 5.92. The van der Waals surface area contributed by atoms with E-state index in [1.807, 2.05) is 0 Å². The van der Waals surface area contributed by atoms with Crippen molar-refractivity contribution < 1.29 is 28.2 Å². The molecule has 0 aliphatic rings. The molecule has 1 amide bonds. The first-order valence-electron chi connectivity index (χ1n) is 8.71. The number of hydrogen-bond acceptors (Lipinski definition) is 7. The lowest BCUT2D eigenvalue weighted by Crippen LogP contribution is -2.23. The van der Waals surface area contributed by atoms with Crippen molar-refractivity contribution in [3.8, 4) is 11.5 Å². The molecule has 8 nitrogen and oxygen atoms in total. The second kappa shape index (κ2) is 8.92. The molecule has 1 heterocycles. The van der Waals surface area contributed by atoms with Crippen LogP contribution >= 0.6 is 0 Å². The molecule has 1 N–H and O–H groups in total. The highest BCUT2D eigenvalue weighted by Crippen LogP contribution is 2.22. The molecule has 8 heteroatoms. The first kappa shape index (κ1) is 19.9. The van der Waals surface area contributed by atoms with Crippen LogP contribution in [-0.2, 0) is 14.3 Å². The summed E-state index contributed by atoms with van der Waals surface area (Å²) in [6.45, 7) is 0.964. The Morgan fingerprint density at radius 2 is 1.72 bits per heavy atom. The quantitative estimate of drug-likeness (QED) is 0.483. The molecule has 150 valence electrons. The van der Waals surface area contributed by atoms with Gasteiger partial charge in [0.1, 0.15) is 17.1 Å².